The molecule has 0 atom stereocenters. The molecule has 1 aliphatic carbocycles. The maximum Gasteiger partial charge on any atom is 0.0386 e. The molecule has 10 rings (SSSR count). The number of nitrogens with one attached hydrogen (secondary N) is 1. The third kappa shape index (κ3) is 5.15. The van der Waals surface area contributed by atoms with Crippen molar-refractivity contribution < 1.29 is 0 Å². The van der Waals surface area contributed by atoms with Gasteiger partial charge in [0.1, 0.15) is 0 Å². The number of rotatable bonds is 6. The van der Waals surface area contributed by atoms with Gasteiger partial charge in [-0.2, -0.15) is 0 Å². The first-order valence-electron chi connectivity index (χ1n) is 17.5. The molecule has 1 aliphatic rings. The van der Waals surface area contributed by atoms with Crippen molar-refractivity contribution in [2.45, 2.75) is 6.92 Å². The molecule has 51 heavy (non-hydrogen) atoms. The molecule has 1 heterocycles. The van der Waals surface area contributed by atoms with E-state index in [4.69, 9.17) is 0 Å². The van der Waals surface area contributed by atoms with Crippen molar-refractivity contribution >= 4 is 80.7 Å². The summed E-state index contributed by atoms with van der Waals surface area (Å²) < 4.78 is 2.64. The van der Waals surface area contributed by atoms with Crippen molar-refractivity contribution in [2.24, 2.45) is 0 Å². The molecule has 0 radical (unpaired) electrons. The molecule has 8 aromatic carbocycles. The maximum atomic E-state index is 3.72. The summed E-state index contributed by atoms with van der Waals surface area (Å²) in [4.78, 5) is 0. The van der Waals surface area contributed by atoms with Crippen LogP contribution in [0.5, 0.6) is 0 Å². The fraction of sp³-hybridized carbons (Fsp3) is 0.0204. The van der Waals surface area contributed by atoms with E-state index in [1.807, 2.05) is 11.3 Å². The van der Waals surface area contributed by atoms with Crippen LogP contribution in [-0.4, -0.2) is 0 Å². The highest BCUT2D eigenvalue weighted by Gasteiger charge is 2.25. The third-order valence-electron chi connectivity index (χ3n) is 10.4. The quantitative estimate of drug-likeness (QED) is 0.174. The van der Waals surface area contributed by atoms with E-state index >= 15 is 0 Å². The molecular weight excluding hydrogens is 635 g/mol. The first-order valence-corrected chi connectivity index (χ1v) is 18.3. The Hall–Kier alpha value is -6.22. The number of fused-ring (bicyclic) bond motifs is 9. The molecule has 0 unspecified atom stereocenters. The molecule has 9 aromatic rings. The Morgan fingerprint density at radius 3 is 1.84 bits per heavy atom. The zero-order valence-electron chi connectivity index (χ0n) is 28.2. The SMILES string of the molecule is C/C(=C1C=C/1/C(=C\Nc1cccc(-c2ccc3c4ccccc4c4ccccc4c3c2)c1)c1ccc2c(c1)sc1ccccc12)c1ccccc1. The van der Waals surface area contributed by atoms with Gasteiger partial charge in [-0.05, 0) is 115 Å². The van der Waals surface area contributed by atoms with Gasteiger partial charge in [0.15, 0.2) is 0 Å². The Balaban J connectivity index is 1.04. The summed E-state index contributed by atoms with van der Waals surface area (Å²) >= 11 is 1.87. The van der Waals surface area contributed by atoms with Gasteiger partial charge >= 0.3 is 0 Å². The monoisotopic (exact) mass is 667 g/mol. The third-order valence-corrected chi connectivity index (χ3v) is 11.5. The number of allylic oxidation sites excluding steroid dienone is 5. The van der Waals surface area contributed by atoms with Gasteiger partial charge in [0.2, 0.25) is 0 Å². The van der Waals surface area contributed by atoms with Gasteiger partial charge in [0.25, 0.3) is 0 Å². The lowest BCUT2D eigenvalue weighted by Gasteiger charge is -2.13. The number of hydrogen-bond donors (Lipinski definition) is 1. The molecule has 240 valence electrons. The highest BCUT2D eigenvalue weighted by Crippen LogP contribution is 2.46. The Kier molecular flexibility index (Phi) is 6.97. The van der Waals surface area contributed by atoms with Crippen molar-refractivity contribution in [3.8, 4) is 11.1 Å². The van der Waals surface area contributed by atoms with E-state index in [1.165, 1.54) is 97.0 Å². The molecular formula is C49H33NS. The Bertz CT molecular complexity index is 2900. The minimum absolute atomic E-state index is 1.06. The van der Waals surface area contributed by atoms with Crippen LogP contribution in [0.25, 0.3) is 74.8 Å². The molecule has 1 aromatic heterocycles. The molecule has 0 amide bonds. The lowest BCUT2D eigenvalue weighted by Crippen LogP contribution is -1.93. The normalized spacial score (nSPS) is 14.1. The molecule has 0 fully saturated rings. The highest BCUT2D eigenvalue weighted by atomic mass is 32.1. The second kappa shape index (κ2) is 12.0. The second-order valence-corrected chi connectivity index (χ2v) is 14.5. The average Bonchev–Trinajstić information content (AvgIpc) is 3.90. The molecule has 2 heteroatoms. The number of hydrogen-bond acceptors (Lipinski definition) is 2. The van der Waals surface area contributed by atoms with E-state index in [9.17, 15) is 0 Å². The standard InChI is InChI=1S/C49H33NS/c1-31(32-12-3-2-4-13-32)44-29-46(44)47(35-23-25-43-42-20-9-10-21-48(42)51-49(43)28-35)30-50-36-15-11-14-33(26-36)34-22-24-41-39-18-6-5-16-37(39)38-17-7-8-19-40(38)45(41)27-34/h2-30,50H,1H3/b44-31+,47-30-. The number of thiophene rings is 1. The minimum atomic E-state index is 1.06. The smallest absolute Gasteiger partial charge is 0.0386 e. The average molecular weight is 668 g/mol. The van der Waals surface area contributed by atoms with Crippen molar-refractivity contribution in [3.05, 3.63) is 198 Å². The lowest BCUT2D eigenvalue weighted by atomic mass is 9.92. The molecule has 1 N–H and O–H groups in total. The van der Waals surface area contributed by atoms with E-state index in [2.05, 4.69) is 188 Å². The fourth-order valence-electron chi connectivity index (χ4n) is 7.73. The van der Waals surface area contributed by atoms with Crippen LogP contribution in [0.4, 0.5) is 5.69 Å². The Labute approximate surface area is 301 Å². The van der Waals surface area contributed by atoms with E-state index in [1.54, 1.807) is 0 Å². The van der Waals surface area contributed by atoms with Crippen LogP contribution in [0.1, 0.15) is 18.1 Å². The Morgan fingerprint density at radius 1 is 0.471 bits per heavy atom. The van der Waals surface area contributed by atoms with Crippen LogP contribution >= 0.6 is 11.3 Å². The van der Waals surface area contributed by atoms with Gasteiger partial charge in [0, 0.05) is 37.6 Å². The summed E-state index contributed by atoms with van der Waals surface area (Å²) in [5.41, 5.74) is 11.0. The van der Waals surface area contributed by atoms with Crippen LogP contribution in [0, 0.1) is 0 Å². The van der Waals surface area contributed by atoms with E-state index in [0.717, 1.165) is 5.69 Å². The summed E-state index contributed by atoms with van der Waals surface area (Å²) in [6, 6.07) is 59.6. The number of anilines is 1. The molecule has 0 spiro atoms. The molecule has 1 nitrogen and oxygen atoms in total. The number of benzene rings is 8. The largest absolute Gasteiger partial charge is 0.361 e. The van der Waals surface area contributed by atoms with Crippen LogP contribution < -0.4 is 5.32 Å². The minimum Gasteiger partial charge on any atom is -0.361 e. The first-order chi connectivity index (χ1) is 25.2. The topological polar surface area (TPSA) is 12.0 Å². The summed E-state index contributed by atoms with van der Waals surface area (Å²) in [7, 11) is 0. The van der Waals surface area contributed by atoms with Crippen molar-refractivity contribution in [1.29, 1.82) is 0 Å². The summed E-state index contributed by atoms with van der Waals surface area (Å²) in [5.74, 6) is 0. The van der Waals surface area contributed by atoms with Gasteiger partial charge in [-0.1, -0.05) is 133 Å². The van der Waals surface area contributed by atoms with Gasteiger partial charge in [-0.15, -0.1) is 11.3 Å². The van der Waals surface area contributed by atoms with Crippen molar-refractivity contribution in [3.63, 3.8) is 0 Å². The van der Waals surface area contributed by atoms with E-state index < -0.39 is 0 Å². The van der Waals surface area contributed by atoms with E-state index in [0.29, 0.717) is 0 Å². The van der Waals surface area contributed by atoms with E-state index in [-0.39, 0.29) is 0 Å². The molecule has 0 bridgehead atoms. The first kappa shape index (κ1) is 29.7. The van der Waals surface area contributed by atoms with Gasteiger partial charge in [-0.3, -0.25) is 0 Å². The second-order valence-electron chi connectivity index (χ2n) is 13.4. The summed E-state index contributed by atoms with van der Waals surface area (Å²) in [5, 5.41) is 14.1. The van der Waals surface area contributed by atoms with Crippen LogP contribution in [0.2, 0.25) is 0 Å². The zero-order valence-corrected chi connectivity index (χ0v) is 29.0. The summed E-state index contributed by atoms with van der Waals surface area (Å²) in [6.45, 7) is 2.23. The van der Waals surface area contributed by atoms with Gasteiger partial charge in [0.05, 0.1) is 0 Å². The van der Waals surface area contributed by atoms with Crippen LogP contribution in [0.15, 0.2) is 187 Å². The molecule has 0 saturated carbocycles. The van der Waals surface area contributed by atoms with Gasteiger partial charge < -0.3 is 5.32 Å². The zero-order chi connectivity index (χ0) is 33.9. The van der Waals surface area contributed by atoms with Crippen LogP contribution in [-0.2, 0) is 0 Å². The van der Waals surface area contributed by atoms with Crippen molar-refractivity contribution in [1.82, 2.24) is 0 Å². The van der Waals surface area contributed by atoms with Crippen LogP contribution in [0.3, 0.4) is 0 Å². The Morgan fingerprint density at radius 2 is 1.08 bits per heavy atom. The molecule has 0 saturated heterocycles. The summed E-state index contributed by atoms with van der Waals surface area (Å²) in [6.07, 6.45) is 4.52. The predicted molar refractivity (Wildman–Crippen MR) is 222 cm³/mol. The predicted octanol–water partition coefficient (Wildman–Crippen LogP) is 14.0. The van der Waals surface area contributed by atoms with Gasteiger partial charge in [-0.25, -0.2) is 0 Å². The maximum absolute atomic E-state index is 3.72. The highest BCUT2D eigenvalue weighted by molar-refractivity contribution is 7.25. The van der Waals surface area contributed by atoms with Crippen molar-refractivity contribution in [2.75, 3.05) is 5.32 Å². The lowest BCUT2D eigenvalue weighted by molar-refractivity contribution is 1.54. The molecule has 0 aliphatic heterocycles. The fourth-order valence-corrected chi connectivity index (χ4v) is 8.87.